The number of hydrogen-bond donors (Lipinski definition) is 0. The Morgan fingerprint density at radius 3 is 2.66 bits per heavy atom. The molecule has 2 aliphatic rings. The normalized spacial score (nSPS) is 19.8. The first-order valence-corrected chi connectivity index (χ1v) is 10.1. The number of nitrogens with zero attached hydrogens (tertiary/aromatic N) is 2. The van der Waals surface area contributed by atoms with Crippen molar-refractivity contribution in [1.82, 2.24) is 5.01 Å². The average Bonchev–Trinajstić information content (AvgIpc) is 3.19. The van der Waals surface area contributed by atoms with Crippen molar-refractivity contribution in [3.63, 3.8) is 0 Å². The van der Waals surface area contributed by atoms with Crippen LogP contribution in [0.15, 0.2) is 71.8 Å². The fraction of sp³-hybridized carbons (Fsp3) is 0.174. The van der Waals surface area contributed by atoms with Crippen molar-refractivity contribution in [1.29, 1.82) is 0 Å². The fourth-order valence-electron chi connectivity index (χ4n) is 3.92. The van der Waals surface area contributed by atoms with Crippen LogP contribution in [0.4, 0.5) is 0 Å². The summed E-state index contributed by atoms with van der Waals surface area (Å²) in [6, 6.07) is 21.4. The van der Waals surface area contributed by atoms with Crippen LogP contribution in [0.5, 0.6) is 11.5 Å². The van der Waals surface area contributed by atoms with Crippen LogP contribution in [-0.2, 0) is 0 Å². The minimum Gasteiger partial charge on any atom is -0.497 e. The predicted molar refractivity (Wildman–Crippen MR) is 115 cm³/mol. The molecule has 0 saturated heterocycles. The molecule has 2 aliphatic heterocycles. The van der Waals surface area contributed by atoms with Gasteiger partial charge >= 0.3 is 0 Å². The van der Waals surface area contributed by atoms with Gasteiger partial charge in [-0.2, -0.15) is 5.10 Å². The second kappa shape index (κ2) is 7.29. The summed E-state index contributed by atoms with van der Waals surface area (Å²) >= 11 is 12.5. The van der Waals surface area contributed by atoms with Crippen LogP contribution in [-0.4, -0.2) is 17.8 Å². The van der Waals surface area contributed by atoms with Gasteiger partial charge in [0.15, 0.2) is 0 Å². The van der Waals surface area contributed by atoms with E-state index in [1.165, 1.54) is 0 Å². The first-order valence-electron chi connectivity index (χ1n) is 9.34. The summed E-state index contributed by atoms with van der Waals surface area (Å²) < 4.78 is 11.7. The molecule has 3 aromatic carbocycles. The maximum atomic E-state index is 6.35. The molecule has 4 nitrogen and oxygen atoms in total. The Morgan fingerprint density at radius 2 is 1.83 bits per heavy atom. The van der Waals surface area contributed by atoms with E-state index in [0.717, 1.165) is 40.3 Å². The fourth-order valence-corrected chi connectivity index (χ4v) is 4.29. The monoisotopic (exact) mass is 424 g/mol. The van der Waals surface area contributed by atoms with Crippen molar-refractivity contribution in [3.05, 3.63) is 93.5 Å². The lowest BCUT2D eigenvalue weighted by molar-refractivity contribution is -0.0190. The summed E-state index contributed by atoms with van der Waals surface area (Å²) in [6.07, 6.45) is 0.386. The van der Waals surface area contributed by atoms with Gasteiger partial charge in [-0.05, 0) is 42.5 Å². The molecule has 2 heterocycles. The quantitative estimate of drug-likeness (QED) is 0.498. The van der Waals surface area contributed by atoms with Gasteiger partial charge in [-0.3, -0.25) is 0 Å². The van der Waals surface area contributed by atoms with Gasteiger partial charge in [-0.25, -0.2) is 5.01 Å². The van der Waals surface area contributed by atoms with E-state index < -0.39 is 0 Å². The third kappa shape index (κ3) is 3.33. The second-order valence-electron chi connectivity index (χ2n) is 7.09. The SMILES string of the molecule is COc1cccc(C2=NN3[C@H](C2)c2cc(Cl)ccc2O[C@@H]3c2cccc(Cl)c2)c1. The maximum absolute atomic E-state index is 6.35. The molecular weight excluding hydrogens is 407 g/mol. The molecule has 0 amide bonds. The standard InChI is InChI=1S/C23H18Cl2N2O2/c1-28-18-7-3-4-14(11-18)20-13-21-19-12-17(25)8-9-22(19)29-23(27(21)26-20)15-5-2-6-16(24)10-15/h2-12,21,23H,13H2,1H3/t21-,23-/m1/s1. The molecule has 146 valence electrons. The zero-order chi connectivity index (χ0) is 20.0. The molecule has 0 fully saturated rings. The number of rotatable bonds is 3. The topological polar surface area (TPSA) is 34.1 Å². The average molecular weight is 425 g/mol. The van der Waals surface area contributed by atoms with Crippen LogP contribution in [0, 0.1) is 0 Å². The lowest BCUT2D eigenvalue weighted by Gasteiger charge is -2.38. The predicted octanol–water partition coefficient (Wildman–Crippen LogP) is 6.24. The van der Waals surface area contributed by atoms with Gasteiger partial charge in [0, 0.05) is 33.2 Å². The Balaban J connectivity index is 1.60. The van der Waals surface area contributed by atoms with E-state index in [0.29, 0.717) is 10.0 Å². The van der Waals surface area contributed by atoms with Crippen LogP contribution in [0.25, 0.3) is 0 Å². The van der Waals surface area contributed by atoms with E-state index in [1.54, 1.807) is 7.11 Å². The maximum Gasteiger partial charge on any atom is 0.213 e. The van der Waals surface area contributed by atoms with Crippen LogP contribution < -0.4 is 9.47 Å². The van der Waals surface area contributed by atoms with Gasteiger partial charge in [0.1, 0.15) is 11.5 Å². The molecule has 0 radical (unpaired) electrons. The molecule has 0 aromatic heterocycles. The number of hydrogen-bond acceptors (Lipinski definition) is 4. The van der Waals surface area contributed by atoms with Gasteiger partial charge in [-0.1, -0.05) is 47.5 Å². The minimum atomic E-state index is -0.365. The molecule has 0 N–H and O–H groups in total. The second-order valence-corrected chi connectivity index (χ2v) is 7.96. The van der Waals surface area contributed by atoms with E-state index in [1.807, 2.05) is 71.7 Å². The Kier molecular flexibility index (Phi) is 4.61. The van der Waals surface area contributed by atoms with Gasteiger partial charge < -0.3 is 9.47 Å². The van der Waals surface area contributed by atoms with Crippen molar-refractivity contribution in [2.24, 2.45) is 5.10 Å². The lowest BCUT2D eigenvalue weighted by Crippen LogP contribution is -2.33. The highest BCUT2D eigenvalue weighted by Crippen LogP contribution is 2.48. The van der Waals surface area contributed by atoms with Crippen molar-refractivity contribution < 1.29 is 9.47 Å². The molecular formula is C23H18Cl2N2O2. The Labute approximate surface area is 179 Å². The van der Waals surface area contributed by atoms with Gasteiger partial charge in [-0.15, -0.1) is 0 Å². The van der Waals surface area contributed by atoms with Gasteiger partial charge in [0.25, 0.3) is 0 Å². The lowest BCUT2D eigenvalue weighted by atomic mass is 9.96. The van der Waals surface area contributed by atoms with E-state index in [9.17, 15) is 0 Å². The summed E-state index contributed by atoms with van der Waals surface area (Å²) in [4.78, 5) is 0. The smallest absolute Gasteiger partial charge is 0.213 e. The zero-order valence-corrected chi connectivity index (χ0v) is 17.2. The van der Waals surface area contributed by atoms with Gasteiger partial charge in [0.2, 0.25) is 6.23 Å². The van der Waals surface area contributed by atoms with Crippen molar-refractivity contribution >= 4 is 28.9 Å². The molecule has 0 aliphatic carbocycles. The third-order valence-corrected chi connectivity index (χ3v) is 5.76. The summed E-state index contributed by atoms with van der Waals surface area (Å²) in [5, 5.41) is 8.32. The summed E-state index contributed by atoms with van der Waals surface area (Å²) in [6.45, 7) is 0. The van der Waals surface area contributed by atoms with E-state index in [4.69, 9.17) is 37.8 Å². The molecule has 29 heavy (non-hydrogen) atoms. The van der Waals surface area contributed by atoms with Crippen molar-refractivity contribution in [3.8, 4) is 11.5 Å². The van der Waals surface area contributed by atoms with Crippen LogP contribution in [0.2, 0.25) is 10.0 Å². The Morgan fingerprint density at radius 1 is 1.00 bits per heavy atom. The highest BCUT2D eigenvalue weighted by atomic mass is 35.5. The number of benzene rings is 3. The van der Waals surface area contributed by atoms with E-state index in [2.05, 4.69) is 0 Å². The van der Waals surface area contributed by atoms with Crippen molar-refractivity contribution in [2.75, 3.05) is 7.11 Å². The molecule has 5 rings (SSSR count). The van der Waals surface area contributed by atoms with Crippen LogP contribution in [0.3, 0.4) is 0 Å². The third-order valence-electron chi connectivity index (χ3n) is 5.29. The summed E-state index contributed by atoms with van der Waals surface area (Å²) in [7, 11) is 1.67. The number of hydrazone groups is 1. The van der Waals surface area contributed by atoms with E-state index in [-0.39, 0.29) is 12.3 Å². The first kappa shape index (κ1) is 18.3. The number of methoxy groups -OCH3 is 1. The Bertz CT molecular complexity index is 1120. The van der Waals surface area contributed by atoms with Gasteiger partial charge in [0.05, 0.1) is 18.9 Å². The number of halogens is 2. The first-order chi connectivity index (χ1) is 14.1. The molecule has 3 aromatic rings. The summed E-state index contributed by atoms with van der Waals surface area (Å²) in [5.74, 6) is 1.63. The number of fused-ring (bicyclic) bond motifs is 3. The van der Waals surface area contributed by atoms with Crippen LogP contribution >= 0.6 is 23.2 Å². The Hall–Kier alpha value is -2.69. The zero-order valence-electron chi connectivity index (χ0n) is 15.7. The van der Waals surface area contributed by atoms with Crippen molar-refractivity contribution in [2.45, 2.75) is 18.7 Å². The molecule has 0 spiro atoms. The molecule has 0 unspecified atom stereocenters. The molecule has 6 heteroatoms. The van der Waals surface area contributed by atoms with Crippen LogP contribution in [0.1, 0.15) is 35.4 Å². The highest BCUT2D eigenvalue weighted by molar-refractivity contribution is 6.31. The molecule has 0 bridgehead atoms. The molecule has 0 saturated carbocycles. The molecule has 2 atom stereocenters. The largest absolute Gasteiger partial charge is 0.497 e. The summed E-state index contributed by atoms with van der Waals surface area (Å²) in [5.41, 5.74) is 4.01. The minimum absolute atomic E-state index is 0.0302. The number of ether oxygens (including phenoxy) is 2. The highest BCUT2D eigenvalue weighted by Gasteiger charge is 2.41. The van der Waals surface area contributed by atoms with E-state index >= 15 is 0 Å².